The Balaban J connectivity index is 2.18. The van der Waals surface area contributed by atoms with Gasteiger partial charge in [0.2, 0.25) is 5.91 Å². The van der Waals surface area contributed by atoms with E-state index < -0.39 is 9.84 Å². The molecule has 1 atom stereocenters. The molecule has 1 aliphatic rings. The number of sulfone groups is 1. The van der Waals surface area contributed by atoms with Crippen LogP contribution in [0.5, 0.6) is 0 Å². The standard InChI is InChI=1S/C19H33N3O3S/c1-6-7-9-21(17-8-10-26(24,25)13-17)19(23)11-18-15(4)20-22(16(18)5)12-14(2)3/h14,17H,6-13H2,1-5H3. The maximum atomic E-state index is 13.0. The highest BCUT2D eigenvalue weighted by molar-refractivity contribution is 7.91. The summed E-state index contributed by atoms with van der Waals surface area (Å²) < 4.78 is 25.7. The van der Waals surface area contributed by atoms with E-state index in [-0.39, 0.29) is 23.5 Å². The van der Waals surface area contributed by atoms with E-state index in [2.05, 4.69) is 25.9 Å². The van der Waals surface area contributed by atoms with Crippen molar-refractivity contribution in [3.63, 3.8) is 0 Å². The minimum Gasteiger partial charge on any atom is -0.338 e. The number of nitrogens with zero attached hydrogens (tertiary/aromatic N) is 3. The zero-order valence-electron chi connectivity index (χ0n) is 16.8. The van der Waals surface area contributed by atoms with Crippen LogP contribution in [0.25, 0.3) is 0 Å². The van der Waals surface area contributed by atoms with Crippen LogP contribution in [0.3, 0.4) is 0 Å². The molecule has 0 aliphatic carbocycles. The minimum absolute atomic E-state index is 0.0239. The van der Waals surface area contributed by atoms with E-state index in [0.29, 0.717) is 25.3 Å². The molecule has 1 saturated heterocycles. The van der Waals surface area contributed by atoms with E-state index in [4.69, 9.17) is 0 Å². The summed E-state index contributed by atoms with van der Waals surface area (Å²) in [6, 6.07) is -0.176. The van der Waals surface area contributed by atoms with Gasteiger partial charge >= 0.3 is 0 Å². The molecule has 0 radical (unpaired) electrons. The summed E-state index contributed by atoms with van der Waals surface area (Å²) in [5.41, 5.74) is 2.92. The van der Waals surface area contributed by atoms with E-state index in [0.717, 1.165) is 36.3 Å². The van der Waals surface area contributed by atoms with Crippen LogP contribution in [0.1, 0.15) is 57.0 Å². The lowest BCUT2D eigenvalue weighted by atomic mass is 10.1. The first-order chi connectivity index (χ1) is 12.1. The van der Waals surface area contributed by atoms with Gasteiger partial charge in [0.1, 0.15) is 0 Å². The van der Waals surface area contributed by atoms with Gasteiger partial charge in [-0.2, -0.15) is 5.10 Å². The van der Waals surface area contributed by atoms with Crippen molar-refractivity contribution in [2.24, 2.45) is 5.92 Å². The van der Waals surface area contributed by atoms with Gasteiger partial charge in [-0.3, -0.25) is 9.48 Å². The molecule has 1 amide bonds. The second kappa shape index (κ2) is 8.55. The zero-order chi connectivity index (χ0) is 19.5. The number of hydrogen-bond donors (Lipinski definition) is 0. The van der Waals surface area contributed by atoms with Crippen molar-refractivity contribution in [1.82, 2.24) is 14.7 Å². The van der Waals surface area contributed by atoms with Crippen LogP contribution in [-0.2, 0) is 27.6 Å². The first-order valence-electron chi connectivity index (χ1n) is 9.67. The average molecular weight is 384 g/mol. The van der Waals surface area contributed by atoms with Crippen LogP contribution >= 0.6 is 0 Å². The number of carbonyl (C=O) groups is 1. The monoisotopic (exact) mass is 383 g/mol. The SMILES string of the molecule is CCCCN(C(=O)Cc1c(C)nn(CC(C)C)c1C)C1CCS(=O)(=O)C1. The van der Waals surface area contributed by atoms with E-state index >= 15 is 0 Å². The van der Waals surface area contributed by atoms with Gasteiger partial charge in [-0.25, -0.2) is 8.42 Å². The Morgan fingerprint density at radius 3 is 2.58 bits per heavy atom. The van der Waals surface area contributed by atoms with Gasteiger partial charge in [-0.1, -0.05) is 27.2 Å². The van der Waals surface area contributed by atoms with Crippen molar-refractivity contribution in [3.05, 3.63) is 17.0 Å². The van der Waals surface area contributed by atoms with Crippen molar-refractivity contribution < 1.29 is 13.2 Å². The van der Waals surface area contributed by atoms with Crippen molar-refractivity contribution in [1.29, 1.82) is 0 Å². The predicted molar refractivity (Wildman–Crippen MR) is 104 cm³/mol. The highest BCUT2D eigenvalue weighted by Crippen LogP contribution is 2.22. The van der Waals surface area contributed by atoms with Gasteiger partial charge in [0, 0.05) is 30.4 Å². The Hall–Kier alpha value is -1.37. The van der Waals surface area contributed by atoms with E-state index in [1.807, 2.05) is 23.4 Å². The Morgan fingerprint density at radius 1 is 1.35 bits per heavy atom. The molecule has 148 valence electrons. The molecule has 1 aromatic rings. The second-order valence-electron chi connectivity index (χ2n) is 7.90. The molecular weight excluding hydrogens is 350 g/mol. The first kappa shape index (κ1) is 20.9. The summed E-state index contributed by atoms with van der Waals surface area (Å²) in [6.07, 6.45) is 2.73. The molecule has 0 saturated carbocycles. The highest BCUT2D eigenvalue weighted by atomic mass is 32.2. The highest BCUT2D eigenvalue weighted by Gasteiger charge is 2.34. The second-order valence-corrected chi connectivity index (χ2v) is 10.1. The lowest BCUT2D eigenvalue weighted by molar-refractivity contribution is -0.132. The molecule has 6 nitrogen and oxygen atoms in total. The maximum Gasteiger partial charge on any atom is 0.227 e. The van der Waals surface area contributed by atoms with Crippen molar-refractivity contribution in [3.8, 4) is 0 Å². The fourth-order valence-corrected chi connectivity index (χ4v) is 5.36. The molecule has 2 rings (SSSR count). The smallest absolute Gasteiger partial charge is 0.227 e. The van der Waals surface area contributed by atoms with Crippen LogP contribution in [0.2, 0.25) is 0 Å². The number of unbranched alkanes of at least 4 members (excludes halogenated alkanes) is 1. The van der Waals surface area contributed by atoms with Gasteiger partial charge < -0.3 is 4.90 Å². The molecular formula is C19H33N3O3S. The summed E-state index contributed by atoms with van der Waals surface area (Å²) in [5.74, 6) is 0.808. The number of carbonyl (C=O) groups excluding carboxylic acids is 1. The third kappa shape index (κ3) is 5.09. The molecule has 1 aromatic heterocycles. The molecule has 7 heteroatoms. The quantitative estimate of drug-likeness (QED) is 0.691. The molecule has 0 N–H and O–H groups in total. The lowest BCUT2D eigenvalue weighted by Gasteiger charge is -2.28. The predicted octanol–water partition coefficient (Wildman–Crippen LogP) is 2.51. The number of aryl methyl sites for hydroxylation is 1. The first-order valence-corrected chi connectivity index (χ1v) is 11.5. The summed E-state index contributed by atoms with van der Waals surface area (Å²) in [4.78, 5) is 14.9. The Labute approximate surface area is 157 Å². The molecule has 1 unspecified atom stereocenters. The normalized spacial score (nSPS) is 19.2. The number of amides is 1. The van der Waals surface area contributed by atoms with Crippen molar-refractivity contribution in [2.45, 2.75) is 72.9 Å². The zero-order valence-corrected chi connectivity index (χ0v) is 17.6. The van der Waals surface area contributed by atoms with Crippen LogP contribution < -0.4 is 0 Å². The summed E-state index contributed by atoms with van der Waals surface area (Å²) in [5, 5.41) is 4.60. The largest absolute Gasteiger partial charge is 0.338 e. The minimum atomic E-state index is -3.01. The van der Waals surface area contributed by atoms with Crippen LogP contribution in [0.15, 0.2) is 0 Å². The summed E-state index contributed by atoms with van der Waals surface area (Å²) >= 11 is 0. The third-order valence-corrected chi connectivity index (χ3v) is 6.87. The number of rotatable bonds is 8. The number of hydrogen-bond acceptors (Lipinski definition) is 4. The summed E-state index contributed by atoms with van der Waals surface area (Å²) in [6.45, 7) is 11.8. The van der Waals surface area contributed by atoms with Gasteiger partial charge in [-0.15, -0.1) is 0 Å². The number of aromatic nitrogens is 2. The van der Waals surface area contributed by atoms with Crippen LogP contribution in [0, 0.1) is 19.8 Å². The van der Waals surface area contributed by atoms with E-state index in [1.165, 1.54) is 0 Å². The molecule has 0 bridgehead atoms. The van der Waals surface area contributed by atoms with Crippen molar-refractivity contribution in [2.75, 3.05) is 18.1 Å². The van der Waals surface area contributed by atoms with E-state index in [1.54, 1.807) is 0 Å². The van der Waals surface area contributed by atoms with Crippen LogP contribution in [0.4, 0.5) is 0 Å². The fraction of sp³-hybridized carbons (Fsp3) is 0.789. The molecule has 1 fully saturated rings. The molecule has 2 heterocycles. The van der Waals surface area contributed by atoms with Gasteiger partial charge in [-0.05, 0) is 32.6 Å². The molecule has 26 heavy (non-hydrogen) atoms. The molecule has 0 aromatic carbocycles. The van der Waals surface area contributed by atoms with Gasteiger partial charge in [0.05, 0.1) is 23.6 Å². The Morgan fingerprint density at radius 2 is 2.04 bits per heavy atom. The van der Waals surface area contributed by atoms with E-state index in [9.17, 15) is 13.2 Å². The third-order valence-electron chi connectivity index (χ3n) is 5.12. The van der Waals surface area contributed by atoms with Crippen LogP contribution in [-0.4, -0.2) is 53.1 Å². The molecule has 1 aliphatic heterocycles. The molecule has 0 spiro atoms. The Kier molecular flexibility index (Phi) is 6.88. The lowest BCUT2D eigenvalue weighted by Crippen LogP contribution is -2.42. The average Bonchev–Trinajstić information content (AvgIpc) is 3.01. The van der Waals surface area contributed by atoms with Crippen molar-refractivity contribution >= 4 is 15.7 Å². The van der Waals surface area contributed by atoms with Gasteiger partial charge in [0.15, 0.2) is 9.84 Å². The topological polar surface area (TPSA) is 72.3 Å². The Bertz CT molecular complexity index is 737. The maximum absolute atomic E-state index is 13.0. The fourth-order valence-electron chi connectivity index (χ4n) is 3.63. The van der Waals surface area contributed by atoms with Gasteiger partial charge in [0.25, 0.3) is 0 Å². The summed E-state index contributed by atoms with van der Waals surface area (Å²) in [7, 11) is -3.01.